The lowest BCUT2D eigenvalue weighted by atomic mass is 10.0. The molecule has 7 heteroatoms. The standard InChI is InChI=1S/C27H21ClFNO4/c1-33-20-9-12-26(34-16-17-5-3-2-4-6-17)22(15-20)24-11-10-21(27(31)32)25(30-24)13-18-7-8-19(29)14-23(18)28/h2-12,14-15H,13,16H2,1H3,(H,31,32). The zero-order valence-corrected chi connectivity index (χ0v) is 19.1. The molecule has 0 aliphatic rings. The highest BCUT2D eigenvalue weighted by atomic mass is 35.5. The van der Waals surface area contributed by atoms with Crippen molar-refractivity contribution in [2.45, 2.75) is 13.0 Å². The number of benzene rings is 3. The number of ether oxygens (including phenoxy) is 2. The zero-order valence-electron chi connectivity index (χ0n) is 18.3. The summed E-state index contributed by atoms with van der Waals surface area (Å²) in [6.07, 6.45) is 0.124. The molecule has 0 aliphatic heterocycles. The molecule has 34 heavy (non-hydrogen) atoms. The Morgan fingerprint density at radius 3 is 2.53 bits per heavy atom. The van der Waals surface area contributed by atoms with Crippen LogP contribution in [0.4, 0.5) is 4.39 Å². The molecule has 0 amide bonds. The van der Waals surface area contributed by atoms with E-state index in [-0.39, 0.29) is 17.0 Å². The lowest BCUT2D eigenvalue weighted by Crippen LogP contribution is -2.07. The van der Waals surface area contributed by atoms with Gasteiger partial charge in [-0.2, -0.15) is 0 Å². The topological polar surface area (TPSA) is 68.7 Å². The molecule has 0 fully saturated rings. The Hall–Kier alpha value is -3.90. The lowest BCUT2D eigenvalue weighted by Gasteiger charge is -2.15. The Morgan fingerprint density at radius 2 is 1.82 bits per heavy atom. The number of hydrogen-bond donors (Lipinski definition) is 1. The number of aromatic nitrogens is 1. The second kappa shape index (κ2) is 10.4. The summed E-state index contributed by atoms with van der Waals surface area (Å²) in [7, 11) is 1.56. The molecule has 0 saturated heterocycles. The van der Waals surface area contributed by atoms with E-state index in [9.17, 15) is 14.3 Å². The van der Waals surface area contributed by atoms with Gasteiger partial charge < -0.3 is 14.6 Å². The van der Waals surface area contributed by atoms with Gasteiger partial charge in [-0.15, -0.1) is 0 Å². The third-order valence-electron chi connectivity index (χ3n) is 5.28. The summed E-state index contributed by atoms with van der Waals surface area (Å²) in [6.45, 7) is 0.353. The smallest absolute Gasteiger partial charge is 0.337 e. The highest BCUT2D eigenvalue weighted by Crippen LogP contribution is 2.34. The molecule has 0 spiro atoms. The number of carboxylic acids is 1. The van der Waals surface area contributed by atoms with E-state index in [0.29, 0.717) is 40.6 Å². The van der Waals surface area contributed by atoms with Gasteiger partial charge in [0.15, 0.2) is 0 Å². The van der Waals surface area contributed by atoms with Gasteiger partial charge in [-0.05, 0) is 53.6 Å². The Kier molecular flexibility index (Phi) is 7.09. The number of nitrogens with zero attached hydrogens (tertiary/aromatic N) is 1. The number of methoxy groups -OCH3 is 1. The maximum atomic E-state index is 13.5. The van der Waals surface area contributed by atoms with Crippen molar-refractivity contribution in [1.29, 1.82) is 0 Å². The van der Waals surface area contributed by atoms with Crippen LogP contribution in [-0.2, 0) is 13.0 Å². The first kappa shape index (κ1) is 23.3. The van der Waals surface area contributed by atoms with Crippen LogP contribution in [-0.4, -0.2) is 23.2 Å². The molecule has 172 valence electrons. The minimum Gasteiger partial charge on any atom is -0.497 e. The zero-order chi connectivity index (χ0) is 24.1. The van der Waals surface area contributed by atoms with Crippen molar-refractivity contribution in [3.05, 3.63) is 112 Å². The van der Waals surface area contributed by atoms with Gasteiger partial charge in [-0.25, -0.2) is 9.18 Å². The van der Waals surface area contributed by atoms with Gasteiger partial charge >= 0.3 is 5.97 Å². The van der Waals surface area contributed by atoms with Crippen molar-refractivity contribution >= 4 is 17.6 Å². The molecular weight excluding hydrogens is 457 g/mol. The second-order valence-electron chi connectivity index (χ2n) is 7.54. The Morgan fingerprint density at radius 1 is 1.03 bits per heavy atom. The molecule has 1 N–H and O–H groups in total. The van der Waals surface area contributed by atoms with E-state index in [4.69, 9.17) is 21.1 Å². The van der Waals surface area contributed by atoms with Gasteiger partial charge in [0.25, 0.3) is 0 Å². The van der Waals surface area contributed by atoms with Crippen LogP contribution < -0.4 is 9.47 Å². The molecule has 1 aromatic heterocycles. The van der Waals surface area contributed by atoms with Crippen molar-refractivity contribution in [3.8, 4) is 22.8 Å². The van der Waals surface area contributed by atoms with E-state index in [1.807, 2.05) is 30.3 Å². The Bertz CT molecular complexity index is 1330. The van der Waals surface area contributed by atoms with Gasteiger partial charge in [0.1, 0.15) is 23.9 Å². The highest BCUT2D eigenvalue weighted by molar-refractivity contribution is 6.31. The summed E-state index contributed by atoms with van der Waals surface area (Å²) >= 11 is 6.18. The largest absolute Gasteiger partial charge is 0.497 e. The summed E-state index contributed by atoms with van der Waals surface area (Å²) in [5.74, 6) is -0.399. The van der Waals surface area contributed by atoms with Crippen LogP contribution in [0.3, 0.4) is 0 Å². The molecule has 1 heterocycles. The fourth-order valence-corrected chi connectivity index (χ4v) is 3.76. The first-order valence-corrected chi connectivity index (χ1v) is 10.8. The predicted octanol–water partition coefficient (Wildman–Crippen LogP) is 6.42. The predicted molar refractivity (Wildman–Crippen MR) is 128 cm³/mol. The number of carboxylic acid groups (broad SMARTS) is 1. The fourth-order valence-electron chi connectivity index (χ4n) is 3.52. The molecule has 0 atom stereocenters. The summed E-state index contributed by atoms with van der Waals surface area (Å²) in [5, 5.41) is 9.89. The number of carbonyl (C=O) groups is 1. The molecular formula is C27H21ClFNO4. The van der Waals surface area contributed by atoms with Gasteiger partial charge in [-0.1, -0.05) is 48.0 Å². The quantitative estimate of drug-likeness (QED) is 0.317. The third-order valence-corrected chi connectivity index (χ3v) is 5.63. The molecule has 0 bridgehead atoms. The summed E-state index contributed by atoms with van der Waals surface area (Å²) in [5.41, 5.74) is 3.08. The van der Waals surface area contributed by atoms with E-state index < -0.39 is 11.8 Å². The van der Waals surface area contributed by atoms with E-state index >= 15 is 0 Å². The van der Waals surface area contributed by atoms with Crippen LogP contribution in [0.1, 0.15) is 27.2 Å². The lowest BCUT2D eigenvalue weighted by molar-refractivity contribution is 0.0695. The van der Waals surface area contributed by atoms with Gasteiger partial charge in [0, 0.05) is 17.0 Å². The SMILES string of the molecule is COc1ccc(OCc2ccccc2)c(-c2ccc(C(=O)O)c(Cc3ccc(F)cc3Cl)n2)c1. The molecule has 0 saturated carbocycles. The maximum Gasteiger partial charge on any atom is 0.337 e. The van der Waals surface area contributed by atoms with Crippen LogP contribution in [0.15, 0.2) is 78.9 Å². The van der Waals surface area contributed by atoms with Crippen LogP contribution in [0.5, 0.6) is 11.5 Å². The highest BCUT2D eigenvalue weighted by Gasteiger charge is 2.18. The molecule has 4 aromatic rings. The van der Waals surface area contributed by atoms with Crippen molar-refractivity contribution in [3.63, 3.8) is 0 Å². The minimum atomic E-state index is -1.11. The van der Waals surface area contributed by atoms with Gasteiger partial charge in [0.05, 0.1) is 24.1 Å². The molecule has 0 radical (unpaired) electrons. The van der Waals surface area contributed by atoms with Crippen LogP contribution in [0, 0.1) is 5.82 Å². The van der Waals surface area contributed by atoms with Crippen LogP contribution in [0.2, 0.25) is 5.02 Å². The molecule has 0 unspecified atom stereocenters. The van der Waals surface area contributed by atoms with Crippen molar-refractivity contribution in [2.75, 3.05) is 7.11 Å². The number of aromatic carboxylic acids is 1. The van der Waals surface area contributed by atoms with Crippen molar-refractivity contribution in [2.24, 2.45) is 0 Å². The van der Waals surface area contributed by atoms with E-state index in [0.717, 1.165) is 5.56 Å². The number of rotatable bonds is 8. The minimum absolute atomic E-state index is 0.0405. The first-order chi connectivity index (χ1) is 16.4. The maximum absolute atomic E-state index is 13.5. The normalized spacial score (nSPS) is 10.7. The first-order valence-electron chi connectivity index (χ1n) is 10.5. The van der Waals surface area contributed by atoms with Crippen molar-refractivity contribution < 1.29 is 23.8 Å². The number of hydrogen-bond acceptors (Lipinski definition) is 4. The van der Waals surface area contributed by atoms with Gasteiger partial charge in [0.2, 0.25) is 0 Å². The second-order valence-corrected chi connectivity index (χ2v) is 7.95. The monoisotopic (exact) mass is 477 g/mol. The van der Waals surface area contributed by atoms with E-state index in [1.54, 1.807) is 31.4 Å². The Balaban J connectivity index is 1.74. The molecule has 3 aromatic carbocycles. The third kappa shape index (κ3) is 5.35. The average Bonchev–Trinajstić information content (AvgIpc) is 2.85. The summed E-state index contributed by atoms with van der Waals surface area (Å²) in [4.78, 5) is 16.5. The van der Waals surface area contributed by atoms with E-state index in [2.05, 4.69) is 4.98 Å². The van der Waals surface area contributed by atoms with Crippen molar-refractivity contribution in [1.82, 2.24) is 4.98 Å². The number of halogens is 2. The van der Waals surface area contributed by atoms with Crippen LogP contribution in [0.25, 0.3) is 11.3 Å². The fraction of sp³-hybridized carbons (Fsp3) is 0.111. The number of pyridine rings is 1. The molecule has 5 nitrogen and oxygen atoms in total. The summed E-state index contributed by atoms with van der Waals surface area (Å²) in [6, 6.07) is 22.2. The van der Waals surface area contributed by atoms with E-state index in [1.165, 1.54) is 24.3 Å². The van der Waals surface area contributed by atoms with Gasteiger partial charge in [-0.3, -0.25) is 4.98 Å². The molecule has 4 rings (SSSR count). The molecule has 0 aliphatic carbocycles. The van der Waals surface area contributed by atoms with Crippen LogP contribution >= 0.6 is 11.6 Å². The average molecular weight is 478 g/mol. The summed E-state index contributed by atoms with van der Waals surface area (Å²) < 4.78 is 24.9. The Labute approximate surface area is 201 Å².